The van der Waals surface area contributed by atoms with Crippen molar-refractivity contribution in [3.05, 3.63) is 64.0 Å². The molecule has 0 fully saturated rings. The largest absolute Gasteiger partial charge is 0.305 e. The van der Waals surface area contributed by atoms with Crippen molar-refractivity contribution in [3.63, 3.8) is 0 Å². The van der Waals surface area contributed by atoms with Crippen molar-refractivity contribution >= 4 is 5.69 Å². The lowest BCUT2D eigenvalue weighted by molar-refractivity contribution is -0.387. The molecule has 0 saturated carbocycles. The Hall–Kier alpha value is -2.23. The van der Waals surface area contributed by atoms with Crippen LogP contribution < -0.4 is 0 Å². The third-order valence-electron chi connectivity index (χ3n) is 2.58. The zero-order valence-electron chi connectivity index (χ0n) is 9.18. The van der Waals surface area contributed by atoms with Gasteiger partial charge in [0.15, 0.2) is 0 Å². The Balaban J connectivity index is 2.58. The van der Waals surface area contributed by atoms with Crippen molar-refractivity contribution in [3.8, 4) is 11.1 Å². The SMILES string of the molecule is Cc1cc([N+](=O)[O-])c(F)cc1-c1ccccc1. The van der Waals surface area contributed by atoms with Gasteiger partial charge >= 0.3 is 5.69 Å². The highest BCUT2D eigenvalue weighted by atomic mass is 19.1. The molecular weight excluding hydrogens is 221 g/mol. The van der Waals surface area contributed by atoms with E-state index in [1.165, 1.54) is 12.1 Å². The zero-order chi connectivity index (χ0) is 12.4. The first kappa shape index (κ1) is 11.3. The maximum absolute atomic E-state index is 13.5. The summed E-state index contributed by atoms with van der Waals surface area (Å²) in [5, 5.41) is 10.6. The monoisotopic (exact) mass is 231 g/mol. The van der Waals surface area contributed by atoms with Gasteiger partial charge in [0, 0.05) is 6.07 Å². The second kappa shape index (κ2) is 4.33. The fourth-order valence-corrected chi connectivity index (χ4v) is 1.73. The number of benzene rings is 2. The van der Waals surface area contributed by atoms with Crippen molar-refractivity contribution in [2.24, 2.45) is 0 Å². The first-order valence-electron chi connectivity index (χ1n) is 5.09. The smallest absolute Gasteiger partial charge is 0.258 e. The molecule has 86 valence electrons. The first-order chi connectivity index (χ1) is 8.09. The van der Waals surface area contributed by atoms with Gasteiger partial charge in [-0.15, -0.1) is 0 Å². The average Bonchev–Trinajstić information content (AvgIpc) is 2.32. The molecule has 0 aromatic heterocycles. The van der Waals surface area contributed by atoms with Crippen LogP contribution in [0.25, 0.3) is 11.1 Å². The van der Waals surface area contributed by atoms with Crippen LogP contribution >= 0.6 is 0 Å². The number of hydrogen-bond acceptors (Lipinski definition) is 2. The van der Waals surface area contributed by atoms with Crippen LogP contribution in [0.5, 0.6) is 0 Å². The summed E-state index contributed by atoms with van der Waals surface area (Å²) < 4.78 is 13.5. The van der Waals surface area contributed by atoms with E-state index >= 15 is 0 Å². The van der Waals surface area contributed by atoms with Crippen molar-refractivity contribution in [2.75, 3.05) is 0 Å². The molecular formula is C13H10FNO2. The second-order valence-corrected chi connectivity index (χ2v) is 3.74. The number of nitro benzene ring substituents is 1. The molecule has 0 aliphatic rings. The average molecular weight is 231 g/mol. The number of hydrogen-bond donors (Lipinski definition) is 0. The summed E-state index contributed by atoms with van der Waals surface area (Å²) in [5.74, 6) is -0.806. The maximum Gasteiger partial charge on any atom is 0.305 e. The zero-order valence-corrected chi connectivity index (χ0v) is 9.18. The van der Waals surface area contributed by atoms with E-state index in [1.807, 2.05) is 30.3 Å². The molecule has 2 rings (SSSR count). The molecule has 17 heavy (non-hydrogen) atoms. The molecule has 0 radical (unpaired) electrons. The highest BCUT2D eigenvalue weighted by Crippen LogP contribution is 2.29. The number of nitrogens with zero attached hydrogens (tertiary/aromatic N) is 1. The Morgan fingerprint density at radius 2 is 1.82 bits per heavy atom. The first-order valence-corrected chi connectivity index (χ1v) is 5.09. The molecule has 0 unspecified atom stereocenters. The van der Waals surface area contributed by atoms with Gasteiger partial charge in [-0.05, 0) is 29.7 Å². The molecule has 0 amide bonds. The van der Waals surface area contributed by atoms with Gasteiger partial charge in [-0.2, -0.15) is 4.39 Å². The Morgan fingerprint density at radius 3 is 2.41 bits per heavy atom. The van der Waals surface area contributed by atoms with Crippen LogP contribution in [-0.2, 0) is 0 Å². The van der Waals surface area contributed by atoms with Crippen molar-refractivity contribution < 1.29 is 9.31 Å². The minimum absolute atomic E-state index is 0.484. The molecule has 0 aliphatic heterocycles. The van der Waals surface area contributed by atoms with E-state index in [2.05, 4.69) is 0 Å². The summed E-state index contributed by atoms with van der Waals surface area (Å²) in [6, 6.07) is 11.7. The van der Waals surface area contributed by atoms with Gasteiger partial charge in [0.1, 0.15) is 0 Å². The van der Waals surface area contributed by atoms with Gasteiger partial charge < -0.3 is 0 Å². The molecule has 3 nitrogen and oxygen atoms in total. The van der Waals surface area contributed by atoms with E-state index in [9.17, 15) is 14.5 Å². The van der Waals surface area contributed by atoms with E-state index in [0.29, 0.717) is 11.1 Å². The molecule has 0 aliphatic carbocycles. The van der Waals surface area contributed by atoms with Crippen molar-refractivity contribution in [1.29, 1.82) is 0 Å². The van der Waals surface area contributed by atoms with Gasteiger partial charge in [0.25, 0.3) is 0 Å². The fourth-order valence-electron chi connectivity index (χ4n) is 1.73. The summed E-state index contributed by atoms with van der Waals surface area (Å²) in [5.41, 5.74) is 1.72. The lowest BCUT2D eigenvalue weighted by atomic mass is 10.00. The van der Waals surface area contributed by atoms with Crippen LogP contribution in [0.15, 0.2) is 42.5 Å². The van der Waals surface area contributed by atoms with Gasteiger partial charge in [0.2, 0.25) is 5.82 Å². The molecule has 2 aromatic carbocycles. The molecule has 2 aromatic rings. The number of rotatable bonds is 2. The van der Waals surface area contributed by atoms with Gasteiger partial charge in [0.05, 0.1) is 4.92 Å². The Kier molecular flexibility index (Phi) is 2.87. The van der Waals surface area contributed by atoms with Crippen LogP contribution in [0.3, 0.4) is 0 Å². The van der Waals surface area contributed by atoms with Crippen molar-refractivity contribution in [2.45, 2.75) is 6.92 Å². The summed E-state index contributed by atoms with van der Waals surface area (Å²) in [4.78, 5) is 9.88. The lowest BCUT2D eigenvalue weighted by Gasteiger charge is -2.06. The van der Waals surface area contributed by atoms with E-state index in [-0.39, 0.29) is 0 Å². The van der Waals surface area contributed by atoms with Crippen LogP contribution in [0, 0.1) is 22.9 Å². The van der Waals surface area contributed by atoms with Crippen LogP contribution in [0.2, 0.25) is 0 Å². The van der Waals surface area contributed by atoms with Crippen LogP contribution in [-0.4, -0.2) is 4.92 Å². The minimum Gasteiger partial charge on any atom is -0.258 e. The standard InChI is InChI=1S/C13H10FNO2/c1-9-7-13(15(16)17)12(14)8-11(9)10-5-3-2-4-6-10/h2-8H,1H3. The molecule has 0 N–H and O–H groups in total. The molecule has 4 heteroatoms. The second-order valence-electron chi connectivity index (χ2n) is 3.74. The Labute approximate surface area is 97.7 Å². The van der Waals surface area contributed by atoms with E-state index in [4.69, 9.17) is 0 Å². The third-order valence-corrected chi connectivity index (χ3v) is 2.58. The third kappa shape index (κ3) is 2.15. The van der Waals surface area contributed by atoms with E-state index in [1.54, 1.807) is 6.92 Å². The number of halogens is 1. The normalized spacial score (nSPS) is 10.2. The Bertz CT molecular complexity index is 567. The summed E-state index contributed by atoms with van der Waals surface area (Å²) in [6.07, 6.45) is 0. The van der Waals surface area contributed by atoms with Gasteiger partial charge in [-0.25, -0.2) is 0 Å². The van der Waals surface area contributed by atoms with Gasteiger partial charge in [-0.3, -0.25) is 10.1 Å². The number of nitro groups is 1. The molecule has 0 bridgehead atoms. The molecule has 0 spiro atoms. The minimum atomic E-state index is -0.806. The summed E-state index contributed by atoms with van der Waals surface area (Å²) in [7, 11) is 0. The quantitative estimate of drug-likeness (QED) is 0.584. The lowest BCUT2D eigenvalue weighted by Crippen LogP contribution is -1.95. The molecule has 0 saturated heterocycles. The fraction of sp³-hybridized carbons (Fsp3) is 0.0769. The maximum atomic E-state index is 13.5. The van der Waals surface area contributed by atoms with E-state index in [0.717, 1.165) is 5.56 Å². The number of aryl methyl sites for hydroxylation is 1. The topological polar surface area (TPSA) is 43.1 Å². The van der Waals surface area contributed by atoms with Crippen LogP contribution in [0.4, 0.5) is 10.1 Å². The van der Waals surface area contributed by atoms with E-state index < -0.39 is 16.4 Å². The predicted molar refractivity (Wildman–Crippen MR) is 63.2 cm³/mol. The highest BCUT2D eigenvalue weighted by molar-refractivity contribution is 5.68. The highest BCUT2D eigenvalue weighted by Gasteiger charge is 2.16. The predicted octanol–water partition coefficient (Wildman–Crippen LogP) is 3.71. The van der Waals surface area contributed by atoms with Gasteiger partial charge in [-0.1, -0.05) is 30.3 Å². The Morgan fingerprint density at radius 1 is 1.18 bits per heavy atom. The summed E-state index contributed by atoms with van der Waals surface area (Å²) in [6.45, 7) is 1.73. The van der Waals surface area contributed by atoms with Crippen LogP contribution in [0.1, 0.15) is 5.56 Å². The summed E-state index contributed by atoms with van der Waals surface area (Å²) >= 11 is 0. The molecule has 0 atom stereocenters. The van der Waals surface area contributed by atoms with Crippen molar-refractivity contribution in [1.82, 2.24) is 0 Å². The molecule has 0 heterocycles.